The molecule has 2 aromatic heterocycles. The largest absolute Gasteiger partial charge is 0.495 e. The summed E-state index contributed by atoms with van der Waals surface area (Å²) < 4.78 is 16.5. The molecule has 0 radical (unpaired) electrons. The summed E-state index contributed by atoms with van der Waals surface area (Å²) in [6.45, 7) is 5.34. The van der Waals surface area contributed by atoms with Gasteiger partial charge in [0, 0.05) is 31.1 Å². The van der Waals surface area contributed by atoms with Crippen LogP contribution in [0.3, 0.4) is 0 Å². The van der Waals surface area contributed by atoms with Crippen LogP contribution >= 0.6 is 0 Å². The van der Waals surface area contributed by atoms with Crippen molar-refractivity contribution in [3.63, 3.8) is 0 Å². The fourth-order valence-corrected chi connectivity index (χ4v) is 4.87. The second kappa shape index (κ2) is 10.5. The number of fused-ring (bicyclic) bond motifs is 2. The van der Waals surface area contributed by atoms with Crippen LogP contribution in [0.25, 0.3) is 10.9 Å². The molecule has 8 heteroatoms. The number of β-amino-alcohol motifs (C(OH)–C–C–N with tert-alkyl or cyclic N) is 1. The zero-order valence-electron chi connectivity index (χ0n) is 19.6. The summed E-state index contributed by atoms with van der Waals surface area (Å²) in [5.41, 5.74) is 2.71. The summed E-state index contributed by atoms with van der Waals surface area (Å²) >= 11 is 0. The first-order chi connectivity index (χ1) is 16.7. The molecule has 0 bridgehead atoms. The molecule has 2 unspecified atom stereocenters. The lowest BCUT2D eigenvalue weighted by atomic mass is 9.96. The number of likely N-dealkylation sites (tertiary alicyclic amines) is 1. The molecule has 0 saturated carbocycles. The lowest BCUT2D eigenvalue weighted by molar-refractivity contribution is 0.0849. The quantitative estimate of drug-likeness (QED) is 0.526. The number of rotatable bonds is 8. The average molecular weight is 465 g/mol. The third-order valence-corrected chi connectivity index (χ3v) is 6.59. The number of aliphatic hydroxyl groups excluding tert-OH is 1. The number of hydrogen-bond acceptors (Lipinski definition) is 8. The summed E-state index contributed by atoms with van der Waals surface area (Å²) in [5, 5.41) is 15.6. The lowest BCUT2D eigenvalue weighted by Crippen LogP contribution is -2.41. The van der Waals surface area contributed by atoms with Crippen LogP contribution in [0.5, 0.6) is 17.2 Å². The number of nitrogens with zero attached hydrogens (tertiary/aromatic N) is 3. The number of hydrogen-bond donors (Lipinski definition) is 2. The molecule has 0 spiro atoms. The lowest BCUT2D eigenvalue weighted by Gasteiger charge is -2.34. The van der Waals surface area contributed by atoms with Gasteiger partial charge in [-0.25, -0.2) is 0 Å². The Balaban J connectivity index is 1.15. The van der Waals surface area contributed by atoms with Crippen molar-refractivity contribution in [2.45, 2.75) is 25.5 Å². The van der Waals surface area contributed by atoms with E-state index in [9.17, 15) is 5.11 Å². The molecule has 4 heterocycles. The Morgan fingerprint density at radius 2 is 2.06 bits per heavy atom. The number of piperidine rings is 1. The van der Waals surface area contributed by atoms with Crippen molar-refractivity contribution >= 4 is 10.9 Å². The third kappa shape index (κ3) is 5.24. The topological polar surface area (TPSA) is 89.0 Å². The van der Waals surface area contributed by atoms with Crippen molar-refractivity contribution in [3.05, 3.63) is 54.0 Å². The molecule has 3 aromatic rings. The first-order valence-corrected chi connectivity index (χ1v) is 12.0. The number of ether oxygens (including phenoxy) is 3. The molecule has 180 valence electrons. The molecular weight excluding hydrogens is 432 g/mol. The average Bonchev–Trinajstić information content (AvgIpc) is 2.88. The van der Waals surface area contributed by atoms with Crippen LogP contribution in [0.15, 0.2) is 42.7 Å². The zero-order valence-corrected chi connectivity index (χ0v) is 19.6. The van der Waals surface area contributed by atoms with Crippen molar-refractivity contribution in [2.24, 2.45) is 5.92 Å². The second-order valence-corrected chi connectivity index (χ2v) is 9.02. The minimum Gasteiger partial charge on any atom is -0.495 e. The highest BCUT2D eigenvalue weighted by Gasteiger charge is 2.23. The van der Waals surface area contributed by atoms with Gasteiger partial charge in [-0.1, -0.05) is 12.1 Å². The molecular formula is C26H32N4O4. The van der Waals surface area contributed by atoms with Crippen molar-refractivity contribution < 1.29 is 19.3 Å². The number of aromatic nitrogens is 2. The molecule has 1 saturated heterocycles. The Kier molecular flexibility index (Phi) is 7.08. The van der Waals surface area contributed by atoms with E-state index < -0.39 is 6.10 Å². The Morgan fingerprint density at radius 1 is 1.18 bits per heavy atom. The van der Waals surface area contributed by atoms with E-state index in [0.29, 0.717) is 38.0 Å². The highest BCUT2D eigenvalue weighted by molar-refractivity contribution is 5.83. The van der Waals surface area contributed by atoms with Crippen LogP contribution in [0.1, 0.15) is 30.2 Å². The highest BCUT2D eigenvalue weighted by Crippen LogP contribution is 2.30. The van der Waals surface area contributed by atoms with E-state index >= 15 is 0 Å². The molecule has 2 aliphatic rings. The van der Waals surface area contributed by atoms with Crippen molar-refractivity contribution in [3.8, 4) is 17.2 Å². The molecule has 2 atom stereocenters. The summed E-state index contributed by atoms with van der Waals surface area (Å²) in [6, 6.07) is 9.81. The van der Waals surface area contributed by atoms with E-state index in [1.807, 2.05) is 30.3 Å². The van der Waals surface area contributed by atoms with E-state index in [1.165, 1.54) is 6.42 Å². The molecule has 5 rings (SSSR count). The standard InChI is InChI=1S/C26H32N4O4/c1-32-20-11-22-21(5-2-6-23(22)29-14-20)24(31)17-30-7-3-4-18(16-30)12-27-13-19-10-25-26(15-28-19)34-9-8-33-25/h2,5-6,10-11,14-15,18,24,27,31H,3-4,7-9,12-13,16-17H2,1H3. The van der Waals surface area contributed by atoms with Gasteiger partial charge < -0.3 is 29.5 Å². The smallest absolute Gasteiger partial charge is 0.179 e. The SMILES string of the molecule is COc1cnc2cccc(C(O)CN3CCCC(CNCc4cc5c(cn4)OCCO5)C3)c2c1. The number of aliphatic hydroxyl groups is 1. The first kappa shape index (κ1) is 22.8. The van der Waals surface area contributed by atoms with Crippen LogP contribution in [-0.4, -0.2) is 66.5 Å². The van der Waals surface area contributed by atoms with Crippen LogP contribution in [0, 0.1) is 5.92 Å². The van der Waals surface area contributed by atoms with Gasteiger partial charge in [0.1, 0.15) is 19.0 Å². The van der Waals surface area contributed by atoms with Gasteiger partial charge in [-0.15, -0.1) is 0 Å². The van der Waals surface area contributed by atoms with Crippen LogP contribution in [0.4, 0.5) is 0 Å². The van der Waals surface area contributed by atoms with E-state index in [0.717, 1.165) is 59.7 Å². The molecule has 1 aromatic carbocycles. The first-order valence-electron chi connectivity index (χ1n) is 12.0. The van der Waals surface area contributed by atoms with Gasteiger partial charge in [-0.3, -0.25) is 9.97 Å². The summed E-state index contributed by atoms with van der Waals surface area (Å²) in [6.07, 6.45) is 5.19. The van der Waals surface area contributed by atoms with Crippen LogP contribution in [-0.2, 0) is 6.54 Å². The van der Waals surface area contributed by atoms with Crippen LogP contribution in [0.2, 0.25) is 0 Å². The van der Waals surface area contributed by atoms with Gasteiger partial charge in [-0.05, 0) is 49.5 Å². The maximum Gasteiger partial charge on any atom is 0.179 e. The second-order valence-electron chi connectivity index (χ2n) is 9.02. The number of pyridine rings is 2. The van der Waals surface area contributed by atoms with E-state index in [1.54, 1.807) is 19.5 Å². The maximum absolute atomic E-state index is 11.1. The van der Waals surface area contributed by atoms with Gasteiger partial charge in [0.15, 0.2) is 11.5 Å². The number of benzene rings is 1. The van der Waals surface area contributed by atoms with Gasteiger partial charge in [0.2, 0.25) is 0 Å². The van der Waals surface area contributed by atoms with Gasteiger partial charge in [0.25, 0.3) is 0 Å². The number of methoxy groups -OCH3 is 1. The van der Waals surface area contributed by atoms with Gasteiger partial charge in [0.05, 0.1) is 36.8 Å². The molecule has 1 fully saturated rings. The molecule has 0 aliphatic carbocycles. The fraction of sp³-hybridized carbons (Fsp3) is 0.462. The summed E-state index contributed by atoms with van der Waals surface area (Å²) in [7, 11) is 1.63. The highest BCUT2D eigenvalue weighted by atomic mass is 16.6. The minimum atomic E-state index is -0.578. The zero-order chi connectivity index (χ0) is 23.3. The molecule has 8 nitrogen and oxygen atoms in total. The Hall–Kier alpha value is -2.94. The normalized spacial score (nSPS) is 19.2. The van der Waals surface area contributed by atoms with E-state index in [4.69, 9.17) is 14.2 Å². The predicted octanol–water partition coefficient (Wildman–Crippen LogP) is 2.94. The summed E-state index contributed by atoms with van der Waals surface area (Å²) in [4.78, 5) is 11.3. The van der Waals surface area contributed by atoms with E-state index in [-0.39, 0.29) is 0 Å². The Bertz CT molecular complexity index is 1130. The predicted molar refractivity (Wildman–Crippen MR) is 129 cm³/mol. The molecule has 2 N–H and O–H groups in total. The van der Waals surface area contributed by atoms with Crippen molar-refractivity contribution in [2.75, 3.05) is 46.5 Å². The van der Waals surface area contributed by atoms with E-state index in [2.05, 4.69) is 20.2 Å². The fourth-order valence-electron chi connectivity index (χ4n) is 4.87. The summed E-state index contributed by atoms with van der Waals surface area (Å²) in [5.74, 6) is 2.73. The minimum absolute atomic E-state index is 0.535. The Labute approximate surface area is 199 Å². The van der Waals surface area contributed by atoms with Crippen molar-refractivity contribution in [1.82, 2.24) is 20.2 Å². The van der Waals surface area contributed by atoms with Crippen LogP contribution < -0.4 is 19.5 Å². The van der Waals surface area contributed by atoms with Gasteiger partial charge >= 0.3 is 0 Å². The molecule has 0 amide bonds. The van der Waals surface area contributed by atoms with Gasteiger partial charge in [-0.2, -0.15) is 0 Å². The number of nitrogens with one attached hydrogen (secondary N) is 1. The molecule has 34 heavy (non-hydrogen) atoms. The van der Waals surface area contributed by atoms with Crippen molar-refractivity contribution in [1.29, 1.82) is 0 Å². The monoisotopic (exact) mass is 464 g/mol. The third-order valence-electron chi connectivity index (χ3n) is 6.59. The Morgan fingerprint density at radius 3 is 2.94 bits per heavy atom. The molecule has 2 aliphatic heterocycles. The maximum atomic E-state index is 11.1.